The first kappa shape index (κ1) is 20.6. The third kappa shape index (κ3) is 3.18. The molecule has 0 N–H and O–H groups in total. The average molecular weight is 466 g/mol. The molecule has 0 saturated carbocycles. The average Bonchev–Trinajstić information content (AvgIpc) is 3.02. The third-order valence-electron chi connectivity index (χ3n) is 5.98. The lowest BCUT2D eigenvalue weighted by Gasteiger charge is -2.25. The highest BCUT2D eigenvalue weighted by atomic mass is 32.2. The molecule has 0 radical (unpaired) electrons. The van der Waals surface area contributed by atoms with Gasteiger partial charge < -0.3 is 14.2 Å². The summed E-state index contributed by atoms with van der Waals surface area (Å²) in [5, 5.41) is 1.89. The van der Waals surface area contributed by atoms with Crippen LogP contribution in [0.4, 0.5) is 5.69 Å². The number of ether oxygens (including phenoxy) is 3. The smallest absolute Gasteiger partial charge is 0.232 e. The molecule has 0 amide bonds. The summed E-state index contributed by atoms with van der Waals surface area (Å²) in [4.78, 5) is 19.2. The predicted octanol–water partition coefficient (Wildman–Crippen LogP) is 6.41. The van der Waals surface area contributed by atoms with Crippen molar-refractivity contribution in [1.82, 2.24) is 0 Å². The number of hydrogen-bond donors (Lipinski definition) is 0. The highest BCUT2D eigenvalue weighted by Crippen LogP contribution is 2.47. The Morgan fingerprint density at radius 1 is 0.824 bits per heavy atom. The van der Waals surface area contributed by atoms with Crippen molar-refractivity contribution >= 4 is 44.8 Å². The minimum Gasteiger partial charge on any atom is -0.493 e. The maximum atomic E-state index is 13.6. The van der Waals surface area contributed by atoms with Crippen LogP contribution in [0.3, 0.4) is 0 Å². The molecule has 4 aromatic rings. The summed E-state index contributed by atoms with van der Waals surface area (Å²) >= 11 is 1.17. The minimum absolute atomic E-state index is 0.118. The number of nitrogens with zero attached hydrogens (tertiary/aromatic N) is 1. The van der Waals surface area contributed by atoms with E-state index in [-0.39, 0.29) is 5.12 Å². The third-order valence-corrected chi connectivity index (χ3v) is 6.93. The van der Waals surface area contributed by atoms with E-state index in [9.17, 15) is 4.79 Å². The molecule has 4 aromatic carbocycles. The molecule has 0 aliphatic carbocycles. The van der Waals surface area contributed by atoms with Gasteiger partial charge in [0.15, 0.2) is 11.5 Å². The molecule has 34 heavy (non-hydrogen) atoms. The van der Waals surface area contributed by atoms with E-state index in [4.69, 9.17) is 19.2 Å². The topological polar surface area (TPSA) is 57.1 Å². The molecule has 0 unspecified atom stereocenters. The van der Waals surface area contributed by atoms with Crippen molar-refractivity contribution in [2.75, 3.05) is 14.2 Å². The van der Waals surface area contributed by atoms with Gasteiger partial charge in [-0.3, -0.25) is 4.79 Å². The lowest BCUT2D eigenvalue weighted by atomic mass is 9.88. The predicted molar refractivity (Wildman–Crippen MR) is 135 cm³/mol. The summed E-state index contributed by atoms with van der Waals surface area (Å²) in [6, 6.07) is 25.4. The van der Waals surface area contributed by atoms with Crippen molar-refractivity contribution < 1.29 is 19.0 Å². The number of aliphatic imine (C=N–C) groups is 1. The largest absolute Gasteiger partial charge is 0.493 e. The number of para-hydroxylation sites is 1. The number of thioether (sulfide) groups is 1. The molecule has 5 nitrogen and oxygen atoms in total. The van der Waals surface area contributed by atoms with E-state index in [1.165, 1.54) is 11.8 Å². The van der Waals surface area contributed by atoms with Gasteiger partial charge >= 0.3 is 0 Å². The molecular formula is C28H19NO4S. The fourth-order valence-corrected chi connectivity index (χ4v) is 5.25. The van der Waals surface area contributed by atoms with Crippen LogP contribution in [-0.4, -0.2) is 25.2 Å². The first-order valence-electron chi connectivity index (χ1n) is 10.7. The van der Waals surface area contributed by atoms with Crippen LogP contribution in [0.1, 0.15) is 11.1 Å². The Morgan fingerprint density at radius 3 is 2.47 bits per heavy atom. The van der Waals surface area contributed by atoms with Gasteiger partial charge in [-0.2, -0.15) is 0 Å². The van der Waals surface area contributed by atoms with Gasteiger partial charge in [-0.1, -0.05) is 48.5 Å². The Labute approximate surface area is 200 Å². The Hall–Kier alpha value is -4.03. The first-order valence-corrected chi connectivity index (χ1v) is 11.6. The van der Waals surface area contributed by atoms with Gasteiger partial charge in [0.05, 0.1) is 19.9 Å². The molecular weight excluding hydrogens is 446 g/mol. The van der Waals surface area contributed by atoms with E-state index in [1.807, 2.05) is 78.9 Å². The zero-order valence-corrected chi connectivity index (χ0v) is 19.3. The second-order valence-corrected chi connectivity index (χ2v) is 8.87. The van der Waals surface area contributed by atoms with Crippen molar-refractivity contribution in [2.24, 2.45) is 4.99 Å². The zero-order valence-electron chi connectivity index (χ0n) is 18.5. The van der Waals surface area contributed by atoms with Crippen molar-refractivity contribution in [3.8, 4) is 17.2 Å². The summed E-state index contributed by atoms with van der Waals surface area (Å²) < 4.78 is 17.4. The number of carbonyl (C=O) groups excluding carboxylic acids is 1. The van der Waals surface area contributed by atoms with Gasteiger partial charge in [-0.15, -0.1) is 0 Å². The summed E-state index contributed by atoms with van der Waals surface area (Å²) in [7, 11) is 3.20. The Balaban J connectivity index is 1.70. The zero-order chi connectivity index (χ0) is 23.2. The summed E-state index contributed by atoms with van der Waals surface area (Å²) in [5.74, 6) is 2.18. The molecule has 0 spiro atoms. The summed E-state index contributed by atoms with van der Waals surface area (Å²) in [5.41, 5.74) is 3.56. The molecule has 166 valence electrons. The Kier molecular flexibility index (Phi) is 4.89. The molecule has 2 aliphatic heterocycles. The second-order valence-electron chi connectivity index (χ2n) is 7.86. The molecule has 2 aliphatic rings. The molecule has 0 aromatic heterocycles. The van der Waals surface area contributed by atoms with E-state index in [0.29, 0.717) is 34.4 Å². The van der Waals surface area contributed by atoms with Gasteiger partial charge in [0.1, 0.15) is 11.3 Å². The quantitative estimate of drug-likeness (QED) is 0.350. The molecule has 6 rings (SSSR count). The number of benzene rings is 4. The first-order chi connectivity index (χ1) is 16.7. The highest BCUT2D eigenvalue weighted by Gasteiger charge is 2.35. The van der Waals surface area contributed by atoms with Crippen molar-refractivity contribution in [3.63, 3.8) is 0 Å². The van der Waals surface area contributed by atoms with Crippen LogP contribution in [0.5, 0.6) is 17.2 Å². The van der Waals surface area contributed by atoms with Gasteiger partial charge in [-0.25, -0.2) is 4.99 Å². The summed E-state index contributed by atoms with van der Waals surface area (Å²) in [6.45, 7) is 0. The van der Waals surface area contributed by atoms with Crippen LogP contribution >= 0.6 is 11.8 Å². The minimum atomic E-state index is -0.118. The number of methoxy groups -OCH3 is 2. The van der Waals surface area contributed by atoms with Gasteiger partial charge in [0, 0.05) is 21.4 Å². The maximum absolute atomic E-state index is 13.6. The number of rotatable bonds is 3. The number of fused-ring (bicyclic) bond motifs is 5. The Morgan fingerprint density at radius 2 is 1.62 bits per heavy atom. The van der Waals surface area contributed by atoms with Crippen LogP contribution in [0.2, 0.25) is 0 Å². The normalized spacial score (nSPS) is 14.4. The molecule has 6 heteroatoms. The lowest BCUT2D eigenvalue weighted by molar-refractivity contribution is -0.107. The van der Waals surface area contributed by atoms with Gasteiger partial charge in [0.25, 0.3) is 0 Å². The van der Waals surface area contributed by atoms with Crippen molar-refractivity contribution in [3.05, 3.63) is 95.6 Å². The van der Waals surface area contributed by atoms with E-state index >= 15 is 0 Å². The molecule has 2 heterocycles. The molecule has 0 atom stereocenters. The van der Waals surface area contributed by atoms with Crippen molar-refractivity contribution in [2.45, 2.75) is 4.90 Å². The molecule has 0 saturated heterocycles. The standard InChI is InChI=1S/C28H19NO4S/c1-31-21-14-12-17(15-22(21)32-2)24-19-13-11-16-7-3-4-8-18(16)26(19)33-27-25(24)28(30)34-23-10-6-5-9-20(23)29-27/h3-15H,1-2H3. The molecule has 0 bridgehead atoms. The maximum Gasteiger partial charge on any atom is 0.232 e. The van der Waals surface area contributed by atoms with Gasteiger partial charge in [-0.05, 0) is 53.0 Å². The fraction of sp³-hybridized carbons (Fsp3) is 0.0714. The summed E-state index contributed by atoms with van der Waals surface area (Å²) in [6.07, 6.45) is 0. The van der Waals surface area contributed by atoms with E-state index in [2.05, 4.69) is 0 Å². The van der Waals surface area contributed by atoms with Crippen LogP contribution in [-0.2, 0) is 4.79 Å². The monoisotopic (exact) mass is 465 g/mol. The van der Waals surface area contributed by atoms with Crippen molar-refractivity contribution in [1.29, 1.82) is 0 Å². The number of carbonyl (C=O) groups is 1. The SMILES string of the molecule is COc1ccc(C2=C3C(=O)Sc4ccccc4N=C3Oc3c2ccc2ccccc32)cc1OC. The van der Waals surface area contributed by atoms with E-state index in [0.717, 1.165) is 32.4 Å². The molecule has 0 fully saturated rings. The van der Waals surface area contributed by atoms with Crippen LogP contribution in [0.25, 0.3) is 16.3 Å². The van der Waals surface area contributed by atoms with Crippen LogP contribution < -0.4 is 14.2 Å². The van der Waals surface area contributed by atoms with E-state index < -0.39 is 0 Å². The second kappa shape index (κ2) is 8.08. The fourth-order valence-electron chi connectivity index (χ4n) is 4.39. The number of hydrogen-bond acceptors (Lipinski definition) is 6. The lowest BCUT2D eigenvalue weighted by Crippen LogP contribution is -2.23. The van der Waals surface area contributed by atoms with Crippen LogP contribution in [0.15, 0.2) is 94.3 Å². The Bertz CT molecular complexity index is 1550. The van der Waals surface area contributed by atoms with Crippen LogP contribution in [0, 0.1) is 0 Å². The van der Waals surface area contributed by atoms with Gasteiger partial charge in [0.2, 0.25) is 11.0 Å². The highest BCUT2D eigenvalue weighted by molar-refractivity contribution is 8.14. The van der Waals surface area contributed by atoms with E-state index in [1.54, 1.807) is 14.2 Å².